The van der Waals surface area contributed by atoms with Crippen LogP contribution in [0.25, 0.3) is 0 Å². The van der Waals surface area contributed by atoms with Crippen LogP contribution in [0.4, 0.5) is 0 Å². The van der Waals surface area contributed by atoms with Crippen molar-refractivity contribution in [3.63, 3.8) is 0 Å². The zero-order valence-electron chi connectivity index (χ0n) is 9.11. The molecule has 0 radical (unpaired) electrons. The fourth-order valence-corrected chi connectivity index (χ4v) is 2.06. The highest BCUT2D eigenvalue weighted by atomic mass is 79.9. The van der Waals surface area contributed by atoms with Gasteiger partial charge in [0.15, 0.2) is 0 Å². The van der Waals surface area contributed by atoms with Crippen LogP contribution in [0, 0.1) is 12.8 Å². The highest BCUT2D eigenvalue weighted by molar-refractivity contribution is 9.10. The van der Waals surface area contributed by atoms with E-state index >= 15 is 0 Å². The van der Waals surface area contributed by atoms with Crippen LogP contribution in [0.5, 0.6) is 0 Å². The summed E-state index contributed by atoms with van der Waals surface area (Å²) in [5.41, 5.74) is 1.78. The number of aliphatic hydroxyl groups is 1. The molecular weight excluding hydrogens is 270 g/mol. The van der Waals surface area contributed by atoms with Crippen LogP contribution >= 0.6 is 15.9 Å². The minimum atomic E-state index is 0.0558. The first-order valence-electron chi connectivity index (χ1n) is 5.28. The zero-order valence-corrected chi connectivity index (χ0v) is 10.7. The second kappa shape index (κ2) is 4.55. The summed E-state index contributed by atoms with van der Waals surface area (Å²) >= 11 is 3.41. The van der Waals surface area contributed by atoms with E-state index in [-0.39, 0.29) is 18.4 Å². The van der Waals surface area contributed by atoms with Crippen molar-refractivity contribution in [2.24, 2.45) is 5.92 Å². The van der Waals surface area contributed by atoms with Gasteiger partial charge in [0, 0.05) is 35.7 Å². The Bertz CT molecular complexity index is 413. The second-order valence-electron chi connectivity index (χ2n) is 4.22. The predicted octanol–water partition coefficient (Wildman–Crippen LogP) is 1.82. The number of halogens is 1. The van der Waals surface area contributed by atoms with Crippen molar-refractivity contribution in [3.8, 4) is 0 Å². The van der Waals surface area contributed by atoms with E-state index in [1.165, 1.54) is 0 Å². The van der Waals surface area contributed by atoms with Crippen LogP contribution in [0.2, 0.25) is 0 Å². The topological polar surface area (TPSA) is 40.5 Å². The van der Waals surface area contributed by atoms with Gasteiger partial charge in [-0.1, -0.05) is 15.9 Å². The Labute approximate surface area is 103 Å². The average Bonchev–Trinajstić information content (AvgIpc) is 2.20. The first-order chi connectivity index (χ1) is 7.61. The van der Waals surface area contributed by atoms with Gasteiger partial charge in [0.1, 0.15) is 0 Å². The zero-order chi connectivity index (χ0) is 11.7. The largest absolute Gasteiger partial charge is 0.396 e. The Morgan fingerprint density at radius 3 is 2.81 bits per heavy atom. The maximum absolute atomic E-state index is 12.0. The van der Waals surface area contributed by atoms with Gasteiger partial charge in [-0.15, -0.1) is 0 Å². The summed E-state index contributed by atoms with van der Waals surface area (Å²) < 4.78 is 1.01. The maximum atomic E-state index is 12.0. The van der Waals surface area contributed by atoms with Gasteiger partial charge in [0.2, 0.25) is 0 Å². The lowest BCUT2D eigenvalue weighted by molar-refractivity contribution is 0.0362. The number of rotatable bonds is 2. The lowest BCUT2D eigenvalue weighted by Crippen LogP contribution is -2.51. The minimum absolute atomic E-state index is 0.0558. The average molecular weight is 284 g/mol. The van der Waals surface area contributed by atoms with Crippen molar-refractivity contribution in [1.82, 2.24) is 4.90 Å². The van der Waals surface area contributed by atoms with Crippen molar-refractivity contribution in [1.29, 1.82) is 0 Å². The van der Waals surface area contributed by atoms with Gasteiger partial charge in [0.25, 0.3) is 5.91 Å². The van der Waals surface area contributed by atoms with E-state index in [9.17, 15) is 4.79 Å². The number of aryl methyl sites for hydroxylation is 1. The fourth-order valence-electron chi connectivity index (χ4n) is 1.81. The standard InChI is InChI=1S/C12H14BrNO2/c1-8-4-10(2-3-11(8)13)12(16)14-5-9(6-14)7-15/h2-4,9,15H,5-7H2,1H3. The molecule has 1 aromatic carbocycles. The van der Waals surface area contributed by atoms with Gasteiger partial charge in [-0.2, -0.15) is 0 Å². The molecule has 1 fully saturated rings. The molecule has 0 aliphatic carbocycles. The van der Waals surface area contributed by atoms with Crippen LogP contribution in [0.3, 0.4) is 0 Å². The third-order valence-corrected chi connectivity index (χ3v) is 3.80. The van der Waals surface area contributed by atoms with E-state index in [0.717, 1.165) is 15.6 Å². The smallest absolute Gasteiger partial charge is 0.253 e. The number of carbonyl (C=O) groups excluding carboxylic acids is 1. The summed E-state index contributed by atoms with van der Waals surface area (Å²) in [6.07, 6.45) is 0. The highest BCUT2D eigenvalue weighted by Crippen LogP contribution is 2.21. The van der Waals surface area contributed by atoms with Gasteiger partial charge in [0.05, 0.1) is 0 Å². The number of hydrogen-bond acceptors (Lipinski definition) is 2. The fraction of sp³-hybridized carbons (Fsp3) is 0.417. The quantitative estimate of drug-likeness (QED) is 0.900. The van der Waals surface area contributed by atoms with Crippen molar-refractivity contribution >= 4 is 21.8 Å². The molecule has 2 rings (SSSR count). The van der Waals surface area contributed by atoms with E-state index in [4.69, 9.17) is 5.11 Å². The molecule has 0 atom stereocenters. The summed E-state index contributed by atoms with van der Waals surface area (Å²) in [5, 5.41) is 8.89. The van der Waals surface area contributed by atoms with Crippen molar-refractivity contribution in [3.05, 3.63) is 33.8 Å². The van der Waals surface area contributed by atoms with Crippen molar-refractivity contribution in [2.75, 3.05) is 19.7 Å². The SMILES string of the molecule is Cc1cc(C(=O)N2CC(CO)C2)ccc1Br. The van der Waals surface area contributed by atoms with Crippen LogP contribution in [0.1, 0.15) is 15.9 Å². The van der Waals surface area contributed by atoms with Crippen molar-refractivity contribution in [2.45, 2.75) is 6.92 Å². The third kappa shape index (κ3) is 2.13. The summed E-state index contributed by atoms with van der Waals surface area (Å²) in [7, 11) is 0. The van der Waals surface area contributed by atoms with Crippen molar-refractivity contribution < 1.29 is 9.90 Å². The number of carbonyl (C=O) groups is 1. The molecule has 1 saturated heterocycles. The van der Waals surface area contributed by atoms with Crippen LogP contribution < -0.4 is 0 Å². The van der Waals surface area contributed by atoms with E-state index in [1.807, 2.05) is 25.1 Å². The molecule has 1 heterocycles. The van der Waals surface area contributed by atoms with Crippen LogP contribution in [0.15, 0.2) is 22.7 Å². The van der Waals surface area contributed by atoms with E-state index < -0.39 is 0 Å². The molecule has 0 aromatic heterocycles. The van der Waals surface area contributed by atoms with Gasteiger partial charge < -0.3 is 10.0 Å². The molecule has 1 aliphatic heterocycles. The number of hydrogen-bond donors (Lipinski definition) is 1. The second-order valence-corrected chi connectivity index (χ2v) is 5.08. The highest BCUT2D eigenvalue weighted by Gasteiger charge is 2.30. The molecule has 1 N–H and O–H groups in total. The van der Waals surface area contributed by atoms with Crippen LogP contribution in [-0.4, -0.2) is 35.6 Å². The van der Waals surface area contributed by atoms with Gasteiger partial charge in [-0.05, 0) is 30.7 Å². The summed E-state index contributed by atoms with van der Waals surface area (Å²) in [6.45, 7) is 3.48. The lowest BCUT2D eigenvalue weighted by Gasteiger charge is -2.38. The predicted molar refractivity (Wildman–Crippen MR) is 65.4 cm³/mol. The monoisotopic (exact) mass is 283 g/mol. The Morgan fingerprint density at radius 2 is 2.25 bits per heavy atom. The van der Waals surface area contributed by atoms with Gasteiger partial charge >= 0.3 is 0 Å². The normalized spacial score (nSPS) is 16.1. The van der Waals surface area contributed by atoms with Gasteiger partial charge in [-0.25, -0.2) is 0 Å². The minimum Gasteiger partial charge on any atom is -0.396 e. The van der Waals surface area contributed by atoms with Gasteiger partial charge in [-0.3, -0.25) is 4.79 Å². The Kier molecular flexibility index (Phi) is 3.30. The maximum Gasteiger partial charge on any atom is 0.253 e. The summed E-state index contributed by atoms with van der Waals surface area (Å²) in [4.78, 5) is 13.7. The molecule has 1 aromatic rings. The lowest BCUT2D eigenvalue weighted by atomic mass is 9.99. The molecule has 0 unspecified atom stereocenters. The molecule has 4 heteroatoms. The third-order valence-electron chi connectivity index (χ3n) is 2.91. The first-order valence-corrected chi connectivity index (χ1v) is 6.07. The molecule has 16 heavy (non-hydrogen) atoms. The number of likely N-dealkylation sites (tertiary alicyclic amines) is 1. The molecule has 3 nitrogen and oxygen atoms in total. The summed E-state index contributed by atoms with van der Waals surface area (Å²) in [6, 6.07) is 5.61. The van der Waals surface area contributed by atoms with E-state index in [1.54, 1.807) is 4.90 Å². The molecule has 86 valence electrons. The first kappa shape index (κ1) is 11.6. The number of amides is 1. The Balaban J connectivity index is 2.07. The molecule has 1 amide bonds. The molecular formula is C12H14BrNO2. The molecule has 1 aliphatic rings. The number of nitrogens with zero attached hydrogens (tertiary/aromatic N) is 1. The molecule has 0 spiro atoms. The number of benzene rings is 1. The Morgan fingerprint density at radius 1 is 1.56 bits per heavy atom. The summed E-state index contributed by atoms with van der Waals surface area (Å²) in [5.74, 6) is 0.320. The molecule has 0 saturated carbocycles. The number of aliphatic hydroxyl groups excluding tert-OH is 1. The van der Waals surface area contributed by atoms with E-state index in [2.05, 4.69) is 15.9 Å². The Hall–Kier alpha value is -0.870. The molecule has 0 bridgehead atoms. The van der Waals surface area contributed by atoms with Crippen LogP contribution in [-0.2, 0) is 0 Å². The van der Waals surface area contributed by atoms with E-state index in [0.29, 0.717) is 13.1 Å².